The van der Waals surface area contributed by atoms with E-state index < -0.39 is 65.6 Å². The predicted octanol–water partition coefficient (Wildman–Crippen LogP) is 3.32. The monoisotopic (exact) mass is 756 g/mol. The highest BCUT2D eigenvalue weighted by molar-refractivity contribution is 5.93. The number of fused-ring (bicyclic) bond motifs is 2. The summed E-state index contributed by atoms with van der Waals surface area (Å²) in [5.41, 5.74) is 4.35. The van der Waals surface area contributed by atoms with Crippen molar-refractivity contribution < 1.29 is 48.4 Å². The van der Waals surface area contributed by atoms with Gasteiger partial charge in [0.1, 0.15) is 42.3 Å². The Bertz CT molecular complexity index is 1540. The number of phenols is 1. The molecule has 2 aliphatic heterocycles. The molecule has 2 heterocycles. The maximum Gasteiger partial charge on any atom is 0.259 e. The van der Waals surface area contributed by atoms with Crippen molar-refractivity contribution in [2.75, 3.05) is 13.2 Å². The first kappa shape index (κ1) is 44.0. The van der Waals surface area contributed by atoms with Gasteiger partial charge in [0.05, 0.1) is 29.9 Å². The second kappa shape index (κ2) is 21.5. The third kappa shape index (κ3) is 13.5. The maximum absolute atomic E-state index is 14.2. The molecule has 7 unspecified atom stereocenters. The maximum atomic E-state index is 14.2. The molecule has 0 aromatic heterocycles. The van der Waals surface area contributed by atoms with E-state index in [1.807, 2.05) is 0 Å². The number of phenolic OH excluding ortho intramolecular Hbond substituents is 1. The number of amides is 3. The fraction of sp³-hybridized carbons (Fsp3) is 0.575. The van der Waals surface area contributed by atoms with Gasteiger partial charge >= 0.3 is 0 Å². The number of rotatable bonds is 9. The Kier molecular flexibility index (Phi) is 17.5. The van der Waals surface area contributed by atoms with Gasteiger partial charge in [0.15, 0.2) is 0 Å². The molecule has 1 aromatic rings. The number of aliphatic hydroxyl groups excluding tert-OH is 2. The number of aliphatic hydroxyl groups is 2. The second-order valence-corrected chi connectivity index (χ2v) is 14.7. The van der Waals surface area contributed by atoms with Crippen LogP contribution in [0.25, 0.3) is 0 Å². The molecule has 0 aliphatic carbocycles. The summed E-state index contributed by atoms with van der Waals surface area (Å²) in [7, 11) is 0. The summed E-state index contributed by atoms with van der Waals surface area (Å²) in [4.78, 5) is 65.3. The van der Waals surface area contributed by atoms with E-state index in [1.165, 1.54) is 30.1 Å². The van der Waals surface area contributed by atoms with E-state index in [1.54, 1.807) is 45.9 Å². The van der Waals surface area contributed by atoms with Crippen LogP contribution in [0, 0.1) is 23.6 Å². The number of nitrogens with zero attached hydrogens (tertiary/aromatic N) is 1. The smallest absolute Gasteiger partial charge is 0.259 e. The van der Waals surface area contributed by atoms with Crippen LogP contribution in [0.5, 0.6) is 5.75 Å². The molecule has 0 radical (unpaired) electrons. The lowest BCUT2D eigenvalue weighted by atomic mass is 9.84. The molecular weight excluding hydrogens is 699 g/mol. The summed E-state index contributed by atoms with van der Waals surface area (Å²) in [5.74, 6) is -4.86. The van der Waals surface area contributed by atoms with Gasteiger partial charge in [-0.3, -0.25) is 19.4 Å². The number of aryl methyl sites for hydroxylation is 1. The van der Waals surface area contributed by atoms with Crippen LogP contribution in [0.2, 0.25) is 0 Å². The fourth-order valence-electron chi connectivity index (χ4n) is 6.52. The van der Waals surface area contributed by atoms with Gasteiger partial charge in [-0.05, 0) is 75.1 Å². The minimum absolute atomic E-state index is 0.0213. The van der Waals surface area contributed by atoms with Crippen molar-refractivity contribution in [3.63, 3.8) is 0 Å². The molecule has 1 saturated heterocycles. The number of nitrogens with one attached hydrogen (secondary N) is 3. The minimum atomic E-state index is -1.40. The number of allylic oxidation sites excluding steroid dienone is 4. The number of ether oxygens (including phenoxy) is 1. The van der Waals surface area contributed by atoms with Crippen LogP contribution in [-0.4, -0.2) is 93.6 Å². The van der Waals surface area contributed by atoms with Gasteiger partial charge in [-0.25, -0.2) is 9.82 Å². The number of hydrogen-bond acceptors (Lipinski definition) is 10. The average molecular weight is 757 g/mol. The Morgan fingerprint density at radius 3 is 2.48 bits per heavy atom. The van der Waals surface area contributed by atoms with Gasteiger partial charge in [0.2, 0.25) is 11.8 Å². The predicted molar refractivity (Wildman–Crippen MR) is 200 cm³/mol. The normalized spacial score (nSPS) is 27.6. The molecule has 3 amide bonds. The number of carbonyl (C=O) groups is 5. The third-order valence-corrected chi connectivity index (χ3v) is 9.88. The van der Waals surface area contributed by atoms with Crippen LogP contribution < -0.4 is 16.1 Å². The van der Waals surface area contributed by atoms with Gasteiger partial charge in [-0.1, -0.05) is 45.1 Å². The Hall–Kier alpha value is -4.40. The Morgan fingerprint density at radius 1 is 1.07 bits per heavy atom. The highest BCUT2D eigenvalue weighted by atomic mass is 19.1. The molecule has 14 heteroatoms. The Labute approximate surface area is 317 Å². The summed E-state index contributed by atoms with van der Waals surface area (Å²) in [6, 6.07) is 0.990. The van der Waals surface area contributed by atoms with Crippen LogP contribution in [0.4, 0.5) is 4.39 Å². The van der Waals surface area contributed by atoms with E-state index in [9.17, 15) is 43.7 Å². The van der Waals surface area contributed by atoms with Crippen molar-refractivity contribution >= 4 is 29.8 Å². The summed E-state index contributed by atoms with van der Waals surface area (Å²) in [6.07, 6.45) is 6.68. The number of carbonyl (C=O) groups excluding carboxylic acids is 5. The van der Waals surface area contributed by atoms with E-state index in [0.29, 0.717) is 37.1 Å². The van der Waals surface area contributed by atoms with Crippen molar-refractivity contribution in [3.05, 3.63) is 65.2 Å². The molecule has 6 N–H and O–H groups in total. The van der Waals surface area contributed by atoms with Crippen molar-refractivity contribution in [3.8, 4) is 5.75 Å². The first-order valence-corrected chi connectivity index (χ1v) is 18.7. The Morgan fingerprint density at radius 2 is 1.81 bits per heavy atom. The van der Waals surface area contributed by atoms with Crippen molar-refractivity contribution in [2.24, 2.45) is 17.8 Å². The first-order valence-electron chi connectivity index (χ1n) is 18.7. The second-order valence-electron chi connectivity index (χ2n) is 14.7. The van der Waals surface area contributed by atoms with Crippen LogP contribution in [0.1, 0.15) is 85.1 Å². The fourth-order valence-corrected chi connectivity index (χ4v) is 6.52. The molecule has 1 aromatic carbocycles. The van der Waals surface area contributed by atoms with Crippen molar-refractivity contribution in [1.82, 2.24) is 21.1 Å². The van der Waals surface area contributed by atoms with E-state index in [-0.39, 0.29) is 56.3 Å². The zero-order valence-electron chi connectivity index (χ0n) is 31.9. The molecule has 0 saturated carbocycles. The standard InChI is InChI=1S/C40H57FN4O9/c1-24(2)36-39(52)42-33(16-14-28-20-29(41)22-31(48)21-28)40(53)45-18-9-10-30(44-45)23-54-35(25(3)17-19-46)12-8-6-7-11-34(49)27(5)37(50)32(38(51)43-36)15-13-26(4)47/h6-8,11,19-22,24,27,30,32-34,36-37,44,48-50H,9-10,12-18,23H2,1-5H3,(H,42,52)(H,43,51)/b8-6?,11-7?,35-25-. The van der Waals surface area contributed by atoms with Gasteiger partial charge in [-0.15, -0.1) is 0 Å². The summed E-state index contributed by atoms with van der Waals surface area (Å²) in [5, 5.41) is 39.3. The summed E-state index contributed by atoms with van der Waals surface area (Å²) >= 11 is 0. The SMILES string of the molecule is CC(=O)CCC1C(=O)NC(C(C)C)C(=O)NC(CCc2cc(O)cc(F)c2)C(=O)N2CCCC(CO/C(=C(/C)CC=O)CC=CC=CC(O)C(C)C1O)N2. The van der Waals surface area contributed by atoms with E-state index >= 15 is 0 Å². The number of ketones is 1. The zero-order valence-corrected chi connectivity index (χ0v) is 31.9. The molecule has 1 fully saturated rings. The highest BCUT2D eigenvalue weighted by Gasteiger charge is 2.37. The van der Waals surface area contributed by atoms with Crippen LogP contribution >= 0.6 is 0 Å². The molecular formula is C40H57FN4O9. The largest absolute Gasteiger partial charge is 0.508 e. The molecule has 0 spiro atoms. The van der Waals surface area contributed by atoms with E-state index in [0.717, 1.165) is 17.9 Å². The number of Topliss-reactive ketones (excluding diaryl/α,β-unsaturated/α-hetero) is 1. The van der Waals surface area contributed by atoms with Crippen molar-refractivity contribution in [1.29, 1.82) is 0 Å². The molecule has 2 bridgehead atoms. The molecule has 3 rings (SSSR count). The average Bonchev–Trinajstić information content (AvgIpc) is 3.11. The highest BCUT2D eigenvalue weighted by Crippen LogP contribution is 2.24. The number of benzene rings is 1. The van der Waals surface area contributed by atoms with Crippen LogP contribution in [0.3, 0.4) is 0 Å². The summed E-state index contributed by atoms with van der Waals surface area (Å²) < 4.78 is 20.3. The van der Waals surface area contributed by atoms with Crippen molar-refractivity contribution in [2.45, 2.75) is 116 Å². The van der Waals surface area contributed by atoms with E-state index in [4.69, 9.17) is 4.74 Å². The quantitative estimate of drug-likeness (QED) is 0.204. The number of aldehydes is 1. The lowest BCUT2D eigenvalue weighted by Crippen LogP contribution is -2.61. The van der Waals surface area contributed by atoms with Gasteiger partial charge in [0.25, 0.3) is 5.91 Å². The van der Waals surface area contributed by atoms with Gasteiger partial charge in [0, 0.05) is 37.8 Å². The first-order chi connectivity index (χ1) is 25.6. The lowest BCUT2D eigenvalue weighted by molar-refractivity contribution is -0.143. The lowest BCUT2D eigenvalue weighted by Gasteiger charge is -2.36. The van der Waals surface area contributed by atoms with E-state index in [2.05, 4.69) is 16.1 Å². The van der Waals surface area contributed by atoms with Gasteiger partial charge in [-0.2, -0.15) is 0 Å². The molecule has 298 valence electrons. The topological polar surface area (TPSA) is 195 Å². The molecule has 7 atom stereocenters. The number of hydrazine groups is 1. The molecule has 2 aliphatic rings. The zero-order chi connectivity index (χ0) is 39.9. The molecule has 54 heavy (non-hydrogen) atoms. The third-order valence-electron chi connectivity index (χ3n) is 9.88. The minimum Gasteiger partial charge on any atom is -0.508 e. The number of aromatic hydroxyl groups is 1. The van der Waals surface area contributed by atoms with Gasteiger partial charge < -0.3 is 40.3 Å². The van der Waals surface area contributed by atoms with Crippen LogP contribution in [0.15, 0.2) is 53.8 Å². The Balaban J connectivity index is 2.03. The molecule has 13 nitrogen and oxygen atoms in total. The van der Waals surface area contributed by atoms with Crippen LogP contribution in [-0.2, 0) is 35.1 Å². The summed E-state index contributed by atoms with van der Waals surface area (Å²) in [6.45, 7) is 8.67. The number of halogens is 1. The number of hydrogen-bond donors (Lipinski definition) is 6.